The van der Waals surface area contributed by atoms with Gasteiger partial charge in [0, 0.05) is 31.0 Å². The van der Waals surface area contributed by atoms with Crippen molar-refractivity contribution < 1.29 is 9.84 Å². The average molecular weight is 324 g/mol. The summed E-state index contributed by atoms with van der Waals surface area (Å²) < 4.78 is 7.53. The highest BCUT2D eigenvalue weighted by Crippen LogP contribution is 2.32. The maximum absolute atomic E-state index is 9.72. The zero-order chi connectivity index (χ0) is 16.5. The summed E-state index contributed by atoms with van der Waals surface area (Å²) in [5, 5.41) is 9.72. The summed E-state index contributed by atoms with van der Waals surface area (Å²) in [6.45, 7) is 1.59. The molecule has 1 aliphatic heterocycles. The summed E-state index contributed by atoms with van der Waals surface area (Å²) >= 11 is 0. The summed E-state index contributed by atoms with van der Waals surface area (Å²) in [4.78, 5) is 11.3. The number of nitrogens with zero attached hydrogens (tertiary/aromatic N) is 4. The molecule has 3 aromatic rings. The van der Waals surface area contributed by atoms with Crippen LogP contribution in [0.5, 0.6) is 5.75 Å². The lowest BCUT2D eigenvalue weighted by molar-refractivity contribution is 0.145. The minimum atomic E-state index is -0.204. The molecule has 124 valence electrons. The zero-order valence-electron chi connectivity index (χ0n) is 13.6. The van der Waals surface area contributed by atoms with Crippen LogP contribution in [0.4, 0.5) is 5.82 Å². The molecule has 4 rings (SSSR count). The first kappa shape index (κ1) is 15.0. The van der Waals surface area contributed by atoms with Gasteiger partial charge in [-0.2, -0.15) is 0 Å². The standard InChI is InChI=1S/C18H20N4O2/c1-24-16-5-3-2-4-14(16)15-12-20-18-17(19-8-11-22(15)18)21-9-6-13(23)7-10-21/h2-5,8,11-13,23H,6-7,9-10H2,1H3. The van der Waals surface area contributed by atoms with E-state index in [0.29, 0.717) is 0 Å². The molecule has 0 aliphatic carbocycles. The van der Waals surface area contributed by atoms with Crippen LogP contribution >= 0.6 is 0 Å². The van der Waals surface area contributed by atoms with Crippen molar-refractivity contribution in [2.45, 2.75) is 18.9 Å². The third-order valence-corrected chi connectivity index (χ3v) is 4.56. The van der Waals surface area contributed by atoms with Crippen molar-refractivity contribution in [3.8, 4) is 17.0 Å². The minimum Gasteiger partial charge on any atom is -0.496 e. The van der Waals surface area contributed by atoms with E-state index in [0.717, 1.165) is 54.4 Å². The Balaban J connectivity index is 1.79. The van der Waals surface area contributed by atoms with Gasteiger partial charge in [-0.25, -0.2) is 9.97 Å². The van der Waals surface area contributed by atoms with Crippen LogP contribution in [0.25, 0.3) is 16.9 Å². The third-order valence-electron chi connectivity index (χ3n) is 4.56. The molecule has 1 aromatic carbocycles. The number of imidazole rings is 1. The highest BCUT2D eigenvalue weighted by atomic mass is 16.5. The predicted octanol–water partition coefficient (Wildman–Crippen LogP) is 2.37. The van der Waals surface area contributed by atoms with Gasteiger partial charge in [0.05, 0.1) is 25.1 Å². The fourth-order valence-electron chi connectivity index (χ4n) is 3.26. The predicted molar refractivity (Wildman–Crippen MR) is 92.4 cm³/mol. The fraction of sp³-hybridized carbons (Fsp3) is 0.333. The molecule has 6 nitrogen and oxygen atoms in total. The first-order chi connectivity index (χ1) is 11.8. The third kappa shape index (κ3) is 2.49. The van der Waals surface area contributed by atoms with Gasteiger partial charge >= 0.3 is 0 Å². The van der Waals surface area contributed by atoms with E-state index in [1.165, 1.54) is 0 Å². The van der Waals surface area contributed by atoms with E-state index in [1.54, 1.807) is 13.3 Å². The molecule has 0 radical (unpaired) electrons. The molecule has 24 heavy (non-hydrogen) atoms. The van der Waals surface area contributed by atoms with Gasteiger partial charge in [0.15, 0.2) is 11.5 Å². The van der Waals surface area contributed by atoms with Crippen LogP contribution in [0.1, 0.15) is 12.8 Å². The highest BCUT2D eigenvalue weighted by molar-refractivity contribution is 5.74. The lowest BCUT2D eigenvalue weighted by Gasteiger charge is -2.30. The molecular weight excluding hydrogens is 304 g/mol. The number of methoxy groups -OCH3 is 1. The molecule has 1 fully saturated rings. The number of piperidine rings is 1. The summed E-state index contributed by atoms with van der Waals surface area (Å²) in [7, 11) is 1.67. The molecule has 6 heteroatoms. The van der Waals surface area contributed by atoms with E-state index in [-0.39, 0.29) is 6.10 Å². The number of anilines is 1. The first-order valence-electron chi connectivity index (χ1n) is 8.16. The van der Waals surface area contributed by atoms with Crippen molar-refractivity contribution in [2.24, 2.45) is 0 Å². The largest absolute Gasteiger partial charge is 0.496 e. The Morgan fingerprint density at radius 2 is 1.96 bits per heavy atom. The topological polar surface area (TPSA) is 62.9 Å². The second-order valence-corrected chi connectivity index (χ2v) is 6.01. The van der Waals surface area contributed by atoms with Crippen LogP contribution in [-0.2, 0) is 0 Å². The van der Waals surface area contributed by atoms with E-state index in [4.69, 9.17) is 4.74 Å². The number of ether oxygens (including phenoxy) is 1. The average Bonchev–Trinajstić information content (AvgIpc) is 3.06. The number of benzene rings is 1. The smallest absolute Gasteiger partial charge is 0.180 e. The molecule has 1 N–H and O–H groups in total. The second-order valence-electron chi connectivity index (χ2n) is 6.01. The van der Waals surface area contributed by atoms with E-state index < -0.39 is 0 Å². The van der Waals surface area contributed by atoms with Crippen molar-refractivity contribution >= 4 is 11.5 Å². The van der Waals surface area contributed by atoms with Crippen LogP contribution in [0.3, 0.4) is 0 Å². The van der Waals surface area contributed by atoms with Gasteiger partial charge in [0.1, 0.15) is 5.75 Å². The van der Waals surface area contributed by atoms with Gasteiger partial charge in [-0.1, -0.05) is 12.1 Å². The molecule has 0 atom stereocenters. The molecule has 3 heterocycles. The van der Waals surface area contributed by atoms with Crippen molar-refractivity contribution in [3.05, 3.63) is 42.9 Å². The maximum Gasteiger partial charge on any atom is 0.180 e. The molecule has 0 unspecified atom stereocenters. The lowest BCUT2D eigenvalue weighted by atomic mass is 10.1. The van der Waals surface area contributed by atoms with E-state index in [2.05, 4.69) is 14.9 Å². The number of aliphatic hydroxyl groups is 1. The number of aromatic nitrogens is 3. The Labute approximate surface area is 140 Å². The monoisotopic (exact) mass is 324 g/mol. The summed E-state index contributed by atoms with van der Waals surface area (Å²) in [5.74, 6) is 1.68. The van der Waals surface area contributed by atoms with Crippen LogP contribution < -0.4 is 9.64 Å². The first-order valence-corrected chi connectivity index (χ1v) is 8.16. The molecule has 0 amide bonds. The Morgan fingerprint density at radius 3 is 2.75 bits per heavy atom. The number of hydrogen-bond donors (Lipinski definition) is 1. The summed E-state index contributed by atoms with van der Waals surface area (Å²) in [5.41, 5.74) is 2.80. The molecule has 0 spiro atoms. The van der Waals surface area contributed by atoms with Crippen molar-refractivity contribution in [2.75, 3.05) is 25.1 Å². The number of aliphatic hydroxyl groups excluding tert-OH is 1. The quantitative estimate of drug-likeness (QED) is 0.801. The molecule has 1 aliphatic rings. The van der Waals surface area contributed by atoms with Gasteiger partial charge < -0.3 is 14.7 Å². The van der Waals surface area contributed by atoms with E-state index in [9.17, 15) is 5.11 Å². The molecule has 2 aromatic heterocycles. The fourth-order valence-corrected chi connectivity index (χ4v) is 3.26. The van der Waals surface area contributed by atoms with Crippen molar-refractivity contribution in [3.63, 3.8) is 0 Å². The normalized spacial score (nSPS) is 15.8. The van der Waals surface area contributed by atoms with Gasteiger partial charge in [-0.3, -0.25) is 4.40 Å². The minimum absolute atomic E-state index is 0.204. The SMILES string of the molecule is COc1ccccc1-c1cnc2c(N3CCC(O)CC3)nccn12. The lowest BCUT2D eigenvalue weighted by Crippen LogP contribution is -2.36. The van der Waals surface area contributed by atoms with Crippen LogP contribution in [0.15, 0.2) is 42.9 Å². The number of hydrogen-bond acceptors (Lipinski definition) is 5. The Kier molecular flexibility index (Phi) is 3.82. The maximum atomic E-state index is 9.72. The highest BCUT2D eigenvalue weighted by Gasteiger charge is 2.21. The molecule has 1 saturated heterocycles. The van der Waals surface area contributed by atoms with Gasteiger partial charge in [-0.15, -0.1) is 0 Å². The Morgan fingerprint density at radius 1 is 1.17 bits per heavy atom. The van der Waals surface area contributed by atoms with Gasteiger partial charge in [0.2, 0.25) is 0 Å². The Bertz CT molecular complexity index is 853. The summed E-state index contributed by atoms with van der Waals surface area (Å²) in [6.07, 6.45) is 6.91. The van der Waals surface area contributed by atoms with E-state index >= 15 is 0 Å². The molecular formula is C18H20N4O2. The number of para-hydroxylation sites is 1. The van der Waals surface area contributed by atoms with Gasteiger partial charge in [0.25, 0.3) is 0 Å². The van der Waals surface area contributed by atoms with Crippen molar-refractivity contribution in [1.82, 2.24) is 14.4 Å². The van der Waals surface area contributed by atoms with Crippen molar-refractivity contribution in [1.29, 1.82) is 0 Å². The van der Waals surface area contributed by atoms with Gasteiger partial charge in [-0.05, 0) is 25.0 Å². The molecule has 0 bridgehead atoms. The van der Waals surface area contributed by atoms with Crippen LogP contribution in [0.2, 0.25) is 0 Å². The van der Waals surface area contributed by atoms with E-state index in [1.807, 2.05) is 41.1 Å². The molecule has 0 saturated carbocycles. The summed E-state index contributed by atoms with van der Waals surface area (Å²) in [6, 6.07) is 7.92. The zero-order valence-corrected chi connectivity index (χ0v) is 13.6. The Hall–Kier alpha value is -2.60. The van der Waals surface area contributed by atoms with Crippen LogP contribution in [-0.4, -0.2) is 45.8 Å². The second kappa shape index (κ2) is 6.13. The number of fused-ring (bicyclic) bond motifs is 1. The van der Waals surface area contributed by atoms with Crippen LogP contribution in [0, 0.1) is 0 Å². The number of rotatable bonds is 3.